The first kappa shape index (κ1) is 13.1. The number of carbonyl (C=O) groups is 1. The fraction of sp³-hybridized carbons (Fsp3) is 0.0588. The van der Waals surface area contributed by atoms with E-state index < -0.39 is 0 Å². The van der Waals surface area contributed by atoms with Crippen LogP contribution in [0.4, 0.5) is 5.82 Å². The van der Waals surface area contributed by atoms with Gasteiger partial charge < -0.3 is 10.4 Å². The normalized spacial score (nSPS) is 10.5. The van der Waals surface area contributed by atoms with Crippen molar-refractivity contribution < 1.29 is 9.90 Å². The molecule has 0 saturated heterocycles. The Labute approximate surface area is 122 Å². The number of amides is 1. The van der Waals surface area contributed by atoms with E-state index in [1.807, 2.05) is 42.5 Å². The lowest BCUT2D eigenvalue weighted by molar-refractivity contribution is -0.115. The van der Waals surface area contributed by atoms with Gasteiger partial charge in [0.05, 0.1) is 6.42 Å². The maximum absolute atomic E-state index is 12.0. The molecule has 1 amide bonds. The van der Waals surface area contributed by atoms with Gasteiger partial charge >= 0.3 is 0 Å². The predicted octanol–water partition coefficient (Wildman–Crippen LogP) is 3.12. The van der Waals surface area contributed by atoms with Crippen molar-refractivity contribution in [2.24, 2.45) is 0 Å². The quantitative estimate of drug-likeness (QED) is 0.773. The number of aromatic hydroxyl groups is 1. The fourth-order valence-electron chi connectivity index (χ4n) is 2.20. The maximum Gasteiger partial charge on any atom is 0.230 e. The maximum atomic E-state index is 12.0. The minimum atomic E-state index is -0.209. The molecule has 3 aromatic rings. The smallest absolute Gasteiger partial charge is 0.230 e. The lowest BCUT2D eigenvalue weighted by Gasteiger charge is -2.06. The summed E-state index contributed by atoms with van der Waals surface area (Å²) >= 11 is 0. The summed E-state index contributed by atoms with van der Waals surface area (Å²) in [5.74, 6) is -0.0630. The van der Waals surface area contributed by atoms with E-state index in [0.29, 0.717) is 0 Å². The molecule has 0 spiro atoms. The average molecular weight is 278 g/mol. The van der Waals surface area contributed by atoms with Gasteiger partial charge in [-0.1, -0.05) is 42.5 Å². The van der Waals surface area contributed by atoms with E-state index in [2.05, 4.69) is 10.3 Å². The van der Waals surface area contributed by atoms with Gasteiger partial charge in [-0.25, -0.2) is 4.98 Å². The number of hydrogen-bond acceptors (Lipinski definition) is 3. The van der Waals surface area contributed by atoms with E-state index in [0.717, 1.165) is 16.3 Å². The molecule has 0 aliphatic carbocycles. The number of hydrogen-bond donors (Lipinski definition) is 2. The van der Waals surface area contributed by atoms with E-state index in [9.17, 15) is 9.90 Å². The number of pyridine rings is 1. The van der Waals surface area contributed by atoms with E-state index >= 15 is 0 Å². The van der Waals surface area contributed by atoms with Crippen molar-refractivity contribution in [3.8, 4) is 5.75 Å². The largest absolute Gasteiger partial charge is 0.504 e. The summed E-state index contributed by atoms with van der Waals surface area (Å²) in [6.07, 6.45) is 1.76. The summed E-state index contributed by atoms with van der Waals surface area (Å²) in [4.78, 5) is 15.9. The standard InChI is InChI=1S/C17H14N2O2/c20-15-6-3-9-18-17(15)19-16(21)11-12-7-8-13-4-1-2-5-14(13)10-12/h1-10,20H,11H2,(H,18,19,21). The molecule has 0 radical (unpaired) electrons. The topological polar surface area (TPSA) is 62.2 Å². The van der Waals surface area contributed by atoms with Crippen molar-refractivity contribution in [1.29, 1.82) is 0 Å². The number of nitrogens with zero attached hydrogens (tertiary/aromatic N) is 1. The van der Waals surface area contributed by atoms with E-state index in [4.69, 9.17) is 0 Å². The number of fused-ring (bicyclic) bond motifs is 1. The van der Waals surface area contributed by atoms with Crippen LogP contribution in [-0.4, -0.2) is 16.0 Å². The van der Waals surface area contributed by atoms with Gasteiger partial charge in [-0.2, -0.15) is 0 Å². The zero-order chi connectivity index (χ0) is 14.7. The molecular weight excluding hydrogens is 264 g/mol. The first-order valence-corrected chi connectivity index (χ1v) is 6.64. The molecule has 0 saturated carbocycles. The molecule has 2 aromatic carbocycles. The zero-order valence-corrected chi connectivity index (χ0v) is 11.3. The van der Waals surface area contributed by atoms with Gasteiger partial charge in [-0.3, -0.25) is 4.79 Å². The minimum absolute atomic E-state index is 0.0376. The predicted molar refractivity (Wildman–Crippen MR) is 82.2 cm³/mol. The van der Waals surface area contributed by atoms with Gasteiger partial charge in [0.2, 0.25) is 5.91 Å². The van der Waals surface area contributed by atoms with Gasteiger partial charge in [-0.15, -0.1) is 0 Å². The molecule has 1 aromatic heterocycles. The van der Waals surface area contributed by atoms with Crippen molar-refractivity contribution in [2.75, 3.05) is 5.32 Å². The Bertz CT molecular complexity index is 799. The molecule has 3 rings (SSSR count). The summed E-state index contributed by atoms with van der Waals surface area (Å²) in [7, 11) is 0. The molecule has 21 heavy (non-hydrogen) atoms. The van der Waals surface area contributed by atoms with Gasteiger partial charge in [0, 0.05) is 6.20 Å². The third-order valence-electron chi connectivity index (χ3n) is 3.22. The third-order valence-corrected chi connectivity index (χ3v) is 3.22. The third kappa shape index (κ3) is 3.00. The fourth-order valence-corrected chi connectivity index (χ4v) is 2.20. The Morgan fingerprint density at radius 3 is 2.67 bits per heavy atom. The van der Waals surface area contributed by atoms with Gasteiger partial charge in [-0.05, 0) is 28.5 Å². The molecule has 4 heteroatoms. The van der Waals surface area contributed by atoms with Crippen LogP contribution in [0.25, 0.3) is 10.8 Å². The van der Waals surface area contributed by atoms with Gasteiger partial charge in [0.1, 0.15) is 0 Å². The summed E-state index contributed by atoms with van der Waals surface area (Å²) in [6, 6.07) is 17.0. The lowest BCUT2D eigenvalue weighted by Crippen LogP contribution is -2.15. The Hall–Kier alpha value is -2.88. The molecule has 1 heterocycles. The second-order valence-electron chi connectivity index (χ2n) is 4.78. The monoisotopic (exact) mass is 278 g/mol. The molecule has 2 N–H and O–H groups in total. The van der Waals surface area contributed by atoms with Crippen LogP contribution < -0.4 is 5.32 Å². The molecule has 0 aliphatic heterocycles. The first-order chi connectivity index (χ1) is 10.2. The number of carbonyl (C=O) groups excluding carboxylic acids is 1. The number of nitrogens with one attached hydrogen (secondary N) is 1. The molecule has 0 bridgehead atoms. The van der Waals surface area contributed by atoms with Crippen LogP contribution in [0.5, 0.6) is 5.75 Å². The number of rotatable bonds is 3. The van der Waals surface area contributed by atoms with Crippen molar-refractivity contribution in [1.82, 2.24) is 4.98 Å². The van der Waals surface area contributed by atoms with Gasteiger partial charge in [0.15, 0.2) is 11.6 Å². The Morgan fingerprint density at radius 2 is 1.86 bits per heavy atom. The van der Waals surface area contributed by atoms with Crippen LogP contribution in [0, 0.1) is 0 Å². The Kier molecular flexibility index (Phi) is 3.51. The van der Waals surface area contributed by atoms with E-state index in [1.165, 1.54) is 12.3 Å². The first-order valence-electron chi connectivity index (χ1n) is 6.64. The zero-order valence-electron chi connectivity index (χ0n) is 11.3. The number of anilines is 1. The highest BCUT2D eigenvalue weighted by Gasteiger charge is 2.08. The van der Waals surface area contributed by atoms with Gasteiger partial charge in [0.25, 0.3) is 0 Å². The van der Waals surface area contributed by atoms with Crippen molar-refractivity contribution in [3.63, 3.8) is 0 Å². The molecule has 0 unspecified atom stereocenters. The van der Waals surface area contributed by atoms with E-state index in [-0.39, 0.29) is 23.9 Å². The SMILES string of the molecule is O=C(Cc1ccc2ccccc2c1)Nc1ncccc1O. The molecule has 0 aliphatic rings. The van der Waals surface area contributed by atoms with Crippen molar-refractivity contribution in [2.45, 2.75) is 6.42 Å². The van der Waals surface area contributed by atoms with Crippen LogP contribution >= 0.6 is 0 Å². The Balaban J connectivity index is 1.75. The summed E-state index contributed by atoms with van der Waals surface area (Å²) < 4.78 is 0. The highest BCUT2D eigenvalue weighted by Crippen LogP contribution is 2.19. The van der Waals surface area contributed by atoms with Crippen LogP contribution in [0.1, 0.15) is 5.56 Å². The minimum Gasteiger partial charge on any atom is -0.504 e. The van der Waals surface area contributed by atoms with Crippen LogP contribution in [0.3, 0.4) is 0 Å². The number of benzene rings is 2. The second-order valence-corrected chi connectivity index (χ2v) is 4.78. The number of aromatic nitrogens is 1. The van der Waals surface area contributed by atoms with Crippen LogP contribution in [0.15, 0.2) is 60.8 Å². The summed E-state index contributed by atoms with van der Waals surface area (Å²) in [5, 5.41) is 14.4. The second kappa shape index (κ2) is 5.63. The lowest BCUT2D eigenvalue weighted by atomic mass is 10.0. The highest BCUT2D eigenvalue weighted by molar-refractivity contribution is 5.93. The van der Waals surface area contributed by atoms with E-state index in [1.54, 1.807) is 6.07 Å². The van der Waals surface area contributed by atoms with Crippen LogP contribution in [-0.2, 0) is 11.2 Å². The van der Waals surface area contributed by atoms with Crippen molar-refractivity contribution in [3.05, 3.63) is 66.4 Å². The summed E-state index contributed by atoms with van der Waals surface area (Å²) in [6.45, 7) is 0. The molecular formula is C17H14N2O2. The Morgan fingerprint density at radius 1 is 1.05 bits per heavy atom. The average Bonchev–Trinajstić information content (AvgIpc) is 2.49. The summed E-state index contributed by atoms with van der Waals surface area (Å²) in [5.41, 5.74) is 0.918. The van der Waals surface area contributed by atoms with Crippen LogP contribution in [0.2, 0.25) is 0 Å². The molecule has 0 fully saturated rings. The molecule has 0 atom stereocenters. The molecule has 104 valence electrons. The highest BCUT2D eigenvalue weighted by atomic mass is 16.3. The molecule has 4 nitrogen and oxygen atoms in total. The van der Waals surface area contributed by atoms with Crippen molar-refractivity contribution >= 4 is 22.5 Å².